The van der Waals surface area contributed by atoms with Crippen molar-refractivity contribution in [3.8, 4) is 0 Å². The molecule has 2 aliphatic rings. The number of hydrogen-bond acceptors (Lipinski definition) is 4. The normalized spacial score (nSPS) is 17.7. The van der Waals surface area contributed by atoms with Crippen molar-refractivity contribution >= 4 is 17.3 Å². The summed E-state index contributed by atoms with van der Waals surface area (Å²) in [5.41, 5.74) is 5.11. The van der Waals surface area contributed by atoms with Gasteiger partial charge < -0.3 is 15.0 Å². The zero-order chi connectivity index (χ0) is 19.3. The van der Waals surface area contributed by atoms with Gasteiger partial charge in [0.1, 0.15) is 0 Å². The van der Waals surface area contributed by atoms with E-state index < -0.39 is 0 Å². The van der Waals surface area contributed by atoms with Gasteiger partial charge in [0, 0.05) is 36.6 Å². The molecule has 0 unspecified atom stereocenters. The van der Waals surface area contributed by atoms with Crippen LogP contribution < -0.4 is 10.2 Å². The number of hydrogen-bond donors (Lipinski definition) is 1. The van der Waals surface area contributed by atoms with Crippen LogP contribution in [0.1, 0.15) is 34.3 Å². The van der Waals surface area contributed by atoms with Crippen LogP contribution in [-0.4, -0.2) is 50.2 Å². The summed E-state index contributed by atoms with van der Waals surface area (Å²) in [6.07, 6.45) is 2.58. The Kier molecular flexibility index (Phi) is 5.93. The summed E-state index contributed by atoms with van der Waals surface area (Å²) in [6.45, 7) is 8.68. The molecular weight excluding hydrogens is 350 g/mol. The lowest BCUT2D eigenvalue weighted by Gasteiger charge is -2.30. The van der Waals surface area contributed by atoms with E-state index in [4.69, 9.17) is 4.74 Å². The van der Waals surface area contributed by atoms with Crippen LogP contribution in [-0.2, 0) is 11.3 Å². The lowest BCUT2D eigenvalue weighted by molar-refractivity contribution is 0.102. The Hall–Kier alpha value is -2.37. The second-order valence-electron chi connectivity index (χ2n) is 7.74. The van der Waals surface area contributed by atoms with Crippen molar-refractivity contribution in [2.24, 2.45) is 0 Å². The predicted molar refractivity (Wildman–Crippen MR) is 113 cm³/mol. The van der Waals surface area contributed by atoms with Gasteiger partial charge in [0.25, 0.3) is 5.91 Å². The molecule has 0 spiro atoms. The standard InChI is InChI=1S/C23H29N3O2/c1-18-15-20(7-8-22(18)26-11-13-28-14-12-26)23(27)24-21-6-4-5-19(16-21)17-25-9-2-3-10-25/h4-8,15-16H,2-3,9-14,17H2,1H3,(H,24,27). The average molecular weight is 380 g/mol. The highest BCUT2D eigenvalue weighted by Gasteiger charge is 2.16. The maximum atomic E-state index is 12.8. The highest BCUT2D eigenvalue weighted by Crippen LogP contribution is 2.23. The van der Waals surface area contributed by atoms with Crippen molar-refractivity contribution < 1.29 is 9.53 Å². The van der Waals surface area contributed by atoms with Gasteiger partial charge in [0.2, 0.25) is 0 Å². The Morgan fingerprint density at radius 3 is 2.57 bits per heavy atom. The molecule has 2 heterocycles. The van der Waals surface area contributed by atoms with Crippen LogP contribution in [0.25, 0.3) is 0 Å². The van der Waals surface area contributed by atoms with Crippen LogP contribution in [0, 0.1) is 6.92 Å². The third kappa shape index (κ3) is 4.54. The van der Waals surface area contributed by atoms with Crippen LogP contribution in [0.15, 0.2) is 42.5 Å². The Bertz CT molecular complexity index is 824. The second-order valence-corrected chi connectivity index (χ2v) is 7.74. The first kappa shape index (κ1) is 19.0. The number of carbonyl (C=O) groups is 1. The number of aryl methyl sites for hydroxylation is 1. The number of likely N-dealkylation sites (tertiary alicyclic amines) is 1. The topological polar surface area (TPSA) is 44.8 Å². The number of morpholine rings is 1. The number of carbonyl (C=O) groups excluding carboxylic acids is 1. The minimum Gasteiger partial charge on any atom is -0.378 e. The van der Waals surface area contributed by atoms with Gasteiger partial charge in [-0.3, -0.25) is 9.69 Å². The Morgan fingerprint density at radius 2 is 1.82 bits per heavy atom. The average Bonchev–Trinajstić information content (AvgIpc) is 3.22. The lowest BCUT2D eigenvalue weighted by atomic mass is 10.1. The summed E-state index contributed by atoms with van der Waals surface area (Å²) in [4.78, 5) is 17.5. The zero-order valence-electron chi connectivity index (χ0n) is 16.6. The molecule has 0 bridgehead atoms. The van der Waals surface area contributed by atoms with Crippen molar-refractivity contribution in [3.05, 3.63) is 59.2 Å². The molecular formula is C23H29N3O2. The number of rotatable bonds is 5. The van der Waals surface area contributed by atoms with Gasteiger partial charge in [-0.2, -0.15) is 0 Å². The molecule has 1 amide bonds. The monoisotopic (exact) mass is 379 g/mol. The van der Waals surface area contributed by atoms with E-state index in [9.17, 15) is 4.79 Å². The number of nitrogens with zero attached hydrogens (tertiary/aromatic N) is 2. The smallest absolute Gasteiger partial charge is 0.255 e. The quantitative estimate of drug-likeness (QED) is 0.861. The molecule has 0 aromatic heterocycles. The first-order valence-electron chi connectivity index (χ1n) is 10.2. The first-order valence-corrected chi connectivity index (χ1v) is 10.2. The molecule has 28 heavy (non-hydrogen) atoms. The second kappa shape index (κ2) is 8.76. The maximum absolute atomic E-state index is 12.8. The van der Waals surface area contributed by atoms with Crippen molar-refractivity contribution in [3.63, 3.8) is 0 Å². The summed E-state index contributed by atoms with van der Waals surface area (Å²) in [6, 6.07) is 14.2. The van der Waals surface area contributed by atoms with Gasteiger partial charge in [-0.05, 0) is 74.3 Å². The van der Waals surface area contributed by atoms with Gasteiger partial charge >= 0.3 is 0 Å². The zero-order valence-corrected chi connectivity index (χ0v) is 16.6. The van der Waals surface area contributed by atoms with Gasteiger partial charge in [-0.25, -0.2) is 0 Å². The van der Waals surface area contributed by atoms with E-state index in [0.717, 1.165) is 44.1 Å². The highest BCUT2D eigenvalue weighted by molar-refractivity contribution is 6.04. The number of nitrogens with one attached hydrogen (secondary N) is 1. The number of ether oxygens (including phenoxy) is 1. The fraction of sp³-hybridized carbons (Fsp3) is 0.435. The number of benzene rings is 2. The molecule has 2 fully saturated rings. The van der Waals surface area contributed by atoms with E-state index >= 15 is 0 Å². The lowest BCUT2D eigenvalue weighted by Crippen LogP contribution is -2.36. The van der Waals surface area contributed by atoms with Crippen molar-refractivity contribution in [2.45, 2.75) is 26.3 Å². The van der Waals surface area contributed by atoms with Crippen molar-refractivity contribution in [1.29, 1.82) is 0 Å². The van der Waals surface area contributed by atoms with E-state index in [-0.39, 0.29) is 5.91 Å². The minimum absolute atomic E-state index is 0.0602. The van der Waals surface area contributed by atoms with Gasteiger partial charge in [-0.15, -0.1) is 0 Å². The van der Waals surface area contributed by atoms with Gasteiger partial charge in [-0.1, -0.05) is 12.1 Å². The molecule has 0 aliphatic carbocycles. The van der Waals surface area contributed by atoms with E-state index in [0.29, 0.717) is 5.56 Å². The van der Waals surface area contributed by atoms with Crippen molar-refractivity contribution in [2.75, 3.05) is 49.6 Å². The predicted octanol–water partition coefficient (Wildman–Crippen LogP) is 3.68. The summed E-state index contributed by atoms with van der Waals surface area (Å²) in [7, 11) is 0. The van der Waals surface area contributed by atoms with E-state index in [1.165, 1.54) is 37.2 Å². The van der Waals surface area contributed by atoms with Gasteiger partial charge in [0.15, 0.2) is 0 Å². The molecule has 2 aliphatic heterocycles. The van der Waals surface area contributed by atoms with Crippen LogP contribution in [0.5, 0.6) is 0 Å². The Labute approximate surface area is 167 Å². The summed E-state index contributed by atoms with van der Waals surface area (Å²) in [5.74, 6) is -0.0602. The summed E-state index contributed by atoms with van der Waals surface area (Å²) < 4.78 is 5.43. The molecule has 1 N–H and O–H groups in total. The molecule has 0 atom stereocenters. The van der Waals surface area contributed by atoms with Crippen LogP contribution in [0.4, 0.5) is 11.4 Å². The first-order chi connectivity index (χ1) is 13.7. The third-order valence-corrected chi connectivity index (χ3v) is 5.60. The van der Waals surface area contributed by atoms with Crippen LogP contribution in [0.2, 0.25) is 0 Å². The molecule has 5 nitrogen and oxygen atoms in total. The van der Waals surface area contributed by atoms with Crippen LogP contribution in [0.3, 0.4) is 0 Å². The number of amides is 1. The maximum Gasteiger partial charge on any atom is 0.255 e. The van der Waals surface area contributed by atoms with Crippen molar-refractivity contribution in [1.82, 2.24) is 4.90 Å². The molecule has 2 saturated heterocycles. The SMILES string of the molecule is Cc1cc(C(=O)Nc2cccc(CN3CCCC3)c2)ccc1N1CCOCC1. The minimum atomic E-state index is -0.0602. The summed E-state index contributed by atoms with van der Waals surface area (Å²) in [5, 5.41) is 3.06. The molecule has 4 rings (SSSR count). The molecule has 0 radical (unpaired) electrons. The molecule has 5 heteroatoms. The fourth-order valence-electron chi connectivity index (χ4n) is 4.11. The molecule has 0 saturated carbocycles. The summed E-state index contributed by atoms with van der Waals surface area (Å²) >= 11 is 0. The van der Waals surface area contributed by atoms with E-state index in [2.05, 4.69) is 40.2 Å². The van der Waals surface area contributed by atoms with E-state index in [1.807, 2.05) is 24.3 Å². The largest absolute Gasteiger partial charge is 0.378 e. The molecule has 148 valence electrons. The number of anilines is 2. The molecule has 2 aromatic rings. The third-order valence-electron chi connectivity index (χ3n) is 5.60. The Morgan fingerprint density at radius 1 is 1.04 bits per heavy atom. The van der Waals surface area contributed by atoms with Crippen LogP contribution >= 0.6 is 0 Å². The van der Waals surface area contributed by atoms with Gasteiger partial charge in [0.05, 0.1) is 13.2 Å². The molecule has 2 aromatic carbocycles. The van der Waals surface area contributed by atoms with E-state index in [1.54, 1.807) is 0 Å². The highest BCUT2D eigenvalue weighted by atomic mass is 16.5. The fourth-order valence-corrected chi connectivity index (χ4v) is 4.11. The Balaban J connectivity index is 1.42.